The molecule has 1 unspecified atom stereocenters. The van der Waals surface area contributed by atoms with E-state index in [2.05, 4.69) is 16.5 Å². The number of hydrogen-bond acceptors (Lipinski definition) is 6. The topological polar surface area (TPSA) is 87.9 Å². The summed E-state index contributed by atoms with van der Waals surface area (Å²) in [4.78, 5) is 0. The van der Waals surface area contributed by atoms with E-state index in [-0.39, 0.29) is 5.92 Å². The maximum absolute atomic E-state index is 9.31. The number of fused-ring (bicyclic) bond motifs is 1. The molecule has 6 heteroatoms. The number of nitrogens with zero attached hydrogens (tertiary/aromatic N) is 2. The average molecular weight is 258 g/mol. The van der Waals surface area contributed by atoms with Gasteiger partial charge in [0.1, 0.15) is 5.82 Å². The molecule has 3 rings (SSSR count). The van der Waals surface area contributed by atoms with E-state index in [1.807, 2.05) is 23.8 Å². The number of allylic oxidation sites excluding steroid dienone is 1. The first-order valence-corrected chi connectivity index (χ1v) is 6.31. The van der Waals surface area contributed by atoms with Crippen LogP contribution in [-0.2, 0) is 0 Å². The Bertz CT molecular complexity index is 663. The number of anilines is 1. The van der Waals surface area contributed by atoms with Gasteiger partial charge in [0, 0.05) is 0 Å². The minimum Gasteiger partial charge on any atom is -0.384 e. The lowest BCUT2D eigenvalue weighted by Crippen LogP contribution is -2.22. The number of aryl methyl sites for hydroxylation is 1. The van der Waals surface area contributed by atoms with Crippen molar-refractivity contribution in [1.29, 1.82) is 5.26 Å². The molecular weight excluding hydrogens is 248 g/mol. The summed E-state index contributed by atoms with van der Waals surface area (Å²) in [5.41, 5.74) is 9.07. The molecular formula is C12H10N4OS. The van der Waals surface area contributed by atoms with E-state index >= 15 is 0 Å². The van der Waals surface area contributed by atoms with Gasteiger partial charge in [-0.05, 0) is 29.3 Å². The number of nitriles is 1. The van der Waals surface area contributed by atoms with Crippen molar-refractivity contribution in [3.8, 4) is 6.07 Å². The van der Waals surface area contributed by atoms with Crippen LogP contribution in [0.2, 0.25) is 0 Å². The van der Waals surface area contributed by atoms with Crippen LogP contribution in [0.15, 0.2) is 32.7 Å². The van der Waals surface area contributed by atoms with Crippen molar-refractivity contribution < 1.29 is 4.52 Å². The zero-order valence-electron chi connectivity index (χ0n) is 9.60. The maximum Gasteiger partial charge on any atom is 0.234 e. The zero-order chi connectivity index (χ0) is 12.7. The molecule has 1 aliphatic heterocycles. The molecule has 3 N–H and O–H groups in total. The maximum atomic E-state index is 9.31. The molecule has 0 bridgehead atoms. The van der Waals surface area contributed by atoms with Crippen LogP contribution < -0.4 is 11.1 Å². The number of thiophene rings is 1. The van der Waals surface area contributed by atoms with Crippen molar-refractivity contribution in [2.45, 2.75) is 12.8 Å². The fourth-order valence-corrected chi connectivity index (χ4v) is 2.88. The van der Waals surface area contributed by atoms with Gasteiger partial charge in [-0.3, -0.25) is 0 Å². The molecule has 5 nitrogen and oxygen atoms in total. The van der Waals surface area contributed by atoms with Crippen LogP contribution in [0.1, 0.15) is 22.7 Å². The van der Waals surface area contributed by atoms with Crippen LogP contribution >= 0.6 is 11.3 Å². The Hall–Kier alpha value is -2.26. The Kier molecular flexibility index (Phi) is 2.35. The van der Waals surface area contributed by atoms with Gasteiger partial charge in [-0.15, -0.1) is 0 Å². The Morgan fingerprint density at radius 3 is 3.11 bits per heavy atom. The molecule has 0 saturated heterocycles. The van der Waals surface area contributed by atoms with Crippen LogP contribution in [0.25, 0.3) is 0 Å². The molecule has 0 fully saturated rings. The number of hydrogen-bond donors (Lipinski definition) is 2. The Labute approximate surface area is 108 Å². The standard InChI is InChI=1S/C12H10N4OS/c1-6-9-10(7-2-3-18-5-7)8(4-13)11(14)15-12(9)17-16-6/h2-3,5,10,15H,14H2,1H3. The minimum absolute atomic E-state index is 0.191. The Morgan fingerprint density at radius 1 is 1.61 bits per heavy atom. The fraction of sp³-hybridized carbons (Fsp3) is 0.167. The summed E-state index contributed by atoms with van der Waals surface area (Å²) in [5.74, 6) is 0.668. The second-order valence-corrected chi connectivity index (χ2v) is 4.84. The van der Waals surface area contributed by atoms with E-state index in [1.165, 1.54) is 0 Å². The van der Waals surface area contributed by atoms with Crippen molar-refractivity contribution in [3.63, 3.8) is 0 Å². The van der Waals surface area contributed by atoms with Gasteiger partial charge in [-0.2, -0.15) is 16.6 Å². The largest absolute Gasteiger partial charge is 0.384 e. The van der Waals surface area contributed by atoms with Crippen molar-refractivity contribution in [1.82, 2.24) is 5.16 Å². The molecule has 2 aromatic heterocycles. The molecule has 0 aliphatic carbocycles. The molecule has 0 aromatic carbocycles. The van der Waals surface area contributed by atoms with Crippen LogP contribution in [0.4, 0.5) is 5.88 Å². The van der Waals surface area contributed by atoms with Gasteiger partial charge in [0.25, 0.3) is 0 Å². The third-order valence-corrected chi connectivity index (χ3v) is 3.72. The minimum atomic E-state index is -0.191. The summed E-state index contributed by atoms with van der Waals surface area (Å²) in [7, 11) is 0. The Morgan fingerprint density at radius 2 is 2.44 bits per heavy atom. The SMILES string of the molecule is Cc1noc2c1C(c1ccsc1)C(C#N)=C(N)N2. The smallest absolute Gasteiger partial charge is 0.234 e. The highest BCUT2D eigenvalue weighted by atomic mass is 32.1. The van der Waals surface area contributed by atoms with E-state index in [9.17, 15) is 5.26 Å². The van der Waals surface area contributed by atoms with E-state index in [4.69, 9.17) is 10.3 Å². The number of aromatic nitrogens is 1. The highest BCUT2D eigenvalue weighted by molar-refractivity contribution is 7.08. The lowest BCUT2D eigenvalue weighted by atomic mass is 9.85. The van der Waals surface area contributed by atoms with E-state index in [0.29, 0.717) is 17.3 Å². The quantitative estimate of drug-likeness (QED) is 0.819. The predicted molar refractivity (Wildman–Crippen MR) is 67.9 cm³/mol. The molecule has 1 atom stereocenters. The lowest BCUT2D eigenvalue weighted by molar-refractivity contribution is 0.427. The third-order valence-electron chi connectivity index (χ3n) is 3.02. The average Bonchev–Trinajstić information content (AvgIpc) is 2.98. The van der Waals surface area contributed by atoms with E-state index in [1.54, 1.807) is 11.3 Å². The number of nitrogens with one attached hydrogen (secondary N) is 1. The summed E-state index contributed by atoms with van der Waals surface area (Å²) in [6, 6.07) is 4.16. The lowest BCUT2D eigenvalue weighted by Gasteiger charge is -2.22. The first-order valence-electron chi connectivity index (χ1n) is 5.37. The normalized spacial score (nSPS) is 18.1. The van der Waals surface area contributed by atoms with Gasteiger partial charge < -0.3 is 15.6 Å². The molecule has 0 saturated carbocycles. The van der Waals surface area contributed by atoms with Gasteiger partial charge >= 0.3 is 0 Å². The zero-order valence-corrected chi connectivity index (χ0v) is 10.4. The molecule has 0 amide bonds. The fourth-order valence-electron chi connectivity index (χ4n) is 2.19. The molecule has 1 aliphatic rings. The molecule has 0 spiro atoms. The van der Waals surface area contributed by atoms with Crippen molar-refractivity contribution in [3.05, 3.63) is 45.0 Å². The molecule has 0 radical (unpaired) electrons. The van der Waals surface area contributed by atoms with Gasteiger partial charge in [0.05, 0.1) is 28.8 Å². The van der Waals surface area contributed by atoms with E-state index < -0.39 is 0 Å². The van der Waals surface area contributed by atoms with Crippen LogP contribution in [-0.4, -0.2) is 5.16 Å². The summed E-state index contributed by atoms with van der Waals surface area (Å²) in [5, 5.41) is 20.1. The van der Waals surface area contributed by atoms with Crippen molar-refractivity contribution in [2.75, 3.05) is 5.32 Å². The van der Waals surface area contributed by atoms with Gasteiger partial charge in [-0.25, -0.2) is 0 Å². The van der Waals surface area contributed by atoms with Crippen LogP contribution in [0, 0.1) is 18.3 Å². The summed E-state index contributed by atoms with van der Waals surface area (Å²) in [6.45, 7) is 1.86. The number of rotatable bonds is 1. The molecule has 90 valence electrons. The first kappa shape index (κ1) is 10.9. The summed E-state index contributed by atoms with van der Waals surface area (Å²) < 4.78 is 5.20. The highest BCUT2D eigenvalue weighted by Gasteiger charge is 2.33. The monoisotopic (exact) mass is 258 g/mol. The second-order valence-electron chi connectivity index (χ2n) is 4.06. The molecule has 18 heavy (non-hydrogen) atoms. The predicted octanol–water partition coefficient (Wildman–Crippen LogP) is 2.30. The highest BCUT2D eigenvalue weighted by Crippen LogP contribution is 2.42. The van der Waals surface area contributed by atoms with Crippen LogP contribution in [0.3, 0.4) is 0 Å². The summed E-state index contributed by atoms with van der Waals surface area (Å²) >= 11 is 1.59. The third kappa shape index (κ3) is 1.41. The Balaban J connectivity index is 2.25. The summed E-state index contributed by atoms with van der Waals surface area (Å²) in [6.07, 6.45) is 0. The van der Waals surface area contributed by atoms with Gasteiger partial charge in [0.2, 0.25) is 5.88 Å². The van der Waals surface area contributed by atoms with E-state index in [0.717, 1.165) is 16.8 Å². The number of nitrogens with two attached hydrogens (primary N) is 1. The molecule has 2 aromatic rings. The van der Waals surface area contributed by atoms with Crippen LogP contribution in [0.5, 0.6) is 0 Å². The van der Waals surface area contributed by atoms with Crippen molar-refractivity contribution >= 4 is 17.2 Å². The second kappa shape index (κ2) is 3.89. The molecule has 3 heterocycles. The van der Waals surface area contributed by atoms with Gasteiger partial charge in [0.15, 0.2) is 0 Å². The van der Waals surface area contributed by atoms with Gasteiger partial charge in [-0.1, -0.05) is 5.16 Å². The first-order chi connectivity index (χ1) is 8.72. The van der Waals surface area contributed by atoms with Crippen molar-refractivity contribution in [2.24, 2.45) is 5.73 Å².